The number of fused-ring (bicyclic) bond motifs is 5. The van der Waals surface area contributed by atoms with E-state index in [1.165, 1.54) is 38.5 Å². The van der Waals surface area contributed by atoms with Crippen molar-refractivity contribution in [1.82, 2.24) is 0 Å². The molecule has 5 rings (SSSR count). The highest BCUT2D eigenvalue weighted by Crippen LogP contribution is 2.68. The Morgan fingerprint density at radius 1 is 0.963 bits per heavy atom. The molecule has 1 heterocycles. The van der Waals surface area contributed by atoms with Gasteiger partial charge in [-0.05, 0) is 93.0 Å². The van der Waals surface area contributed by atoms with Gasteiger partial charge in [0.15, 0.2) is 5.79 Å². The second-order valence-electron chi connectivity index (χ2n) is 10.5. The van der Waals surface area contributed by atoms with Gasteiger partial charge in [-0.3, -0.25) is 0 Å². The van der Waals surface area contributed by atoms with Gasteiger partial charge < -0.3 is 14.7 Å². The van der Waals surface area contributed by atoms with Gasteiger partial charge in [0.1, 0.15) is 0 Å². The fraction of sp³-hybridized carbons (Fsp3) is 0.870. The second-order valence-corrected chi connectivity index (χ2v) is 10.5. The molecule has 1 N–H and O–H groups in total. The van der Waals surface area contributed by atoms with Crippen LogP contribution < -0.4 is 0 Å². The van der Waals surface area contributed by atoms with Crippen molar-refractivity contribution < 1.29 is 14.7 Å². The molecule has 0 aromatic carbocycles. The number of hydrogen-bond acceptors (Lipinski definition) is 4. The Labute approximate surface area is 163 Å². The molecule has 0 aromatic rings. The molecule has 4 fully saturated rings. The van der Waals surface area contributed by atoms with Gasteiger partial charge in [-0.25, -0.2) is 0 Å². The van der Waals surface area contributed by atoms with Crippen LogP contribution >= 0.6 is 0 Å². The first kappa shape index (κ1) is 18.2. The van der Waals surface area contributed by atoms with Crippen molar-refractivity contribution >= 4 is 5.71 Å². The third-order valence-corrected chi connectivity index (χ3v) is 9.60. The van der Waals surface area contributed by atoms with E-state index >= 15 is 0 Å². The molecule has 150 valence electrons. The maximum Gasteiger partial charge on any atom is 0.169 e. The van der Waals surface area contributed by atoms with Gasteiger partial charge in [0.2, 0.25) is 0 Å². The lowest BCUT2D eigenvalue weighted by atomic mass is 9.46. The summed E-state index contributed by atoms with van der Waals surface area (Å²) in [4.78, 5) is 0. The first-order valence-corrected chi connectivity index (χ1v) is 11.1. The predicted octanol–water partition coefficient (Wildman–Crippen LogP) is 5.16. The van der Waals surface area contributed by atoms with E-state index in [2.05, 4.69) is 32.0 Å². The number of allylic oxidation sites excluding steroid dienone is 2. The Balaban J connectivity index is 1.44. The van der Waals surface area contributed by atoms with Gasteiger partial charge in [-0.15, -0.1) is 0 Å². The van der Waals surface area contributed by atoms with Crippen LogP contribution in [-0.4, -0.2) is 29.9 Å². The smallest absolute Gasteiger partial charge is 0.169 e. The highest BCUT2D eigenvalue weighted by atomic mass is 16.7. The van der Waals surface area contributed by atoms with Crippen LogP contribution in [0.5, 0.6) is 0 Å². The quantitative estimate of drug-likeness (QED) is 0.510. The number of ether oxygens (including phenoxy) is 2. The van der Waals surface area contributed by atoms with Crippen LogP contribution in [0.1, 0.15) is 72.1 Å². The zero-order chi connectivity index (χ0) is 18.9. The molecule has 6 atom stereocenters. The van der Waals surface area contributed by atoms with Crippen LogP contribution in [0.3, 0.4) is 0 Å². The van der Waals surface area contributed by atoms with Gasteiger partial charge in [-0.2, -0.15) is 0 Å². The van der Waals surface area contributed by atoms with Crippen molar-refractivity contribution in [2.24, 2.45) is 39.7 Å². The van der Waals surface area contributed by atoms with Gasteiger partial charge in [0.25, 0.3) is 0 Å². The SMILES string of the molecule is CC12CC/C(=N/O)C=C1CCC1C2CC[C@@]2(C)C1CC[C@@H]2C1(C)OCCO1. The van der Waals surface area contributed by atoms with Crippen LogP contribution in [0.2, 0.25) is 0 Å². The minimum atomic E-state index is -0.364. The van der Waals surface area contributed by atoms with Gasteiger partial charge in [0, 0.05) is 5.92 Å². The standard InChI is InChI=1S/C23H35NO3/c1-21-10-8-16(24-25)14-15(21)4-5-17-18-6-7-20(23(3)26-12-13-27-23)22(18,2)11-9-19(17)21/h14,17-20,25H,4-13H2,1-3H3/b24-16-/t17?,18?,19?,20-,21?,22-/m0/s1. The lowest BCUT2D eigenvalue weighted by Gasteiger charge is -2.59. The van der Waals surface area contributed by atoms with E-state index in [0.29, 0.717) is 16.7 Å². The molecule has 0 amide bonds. The summed E-state index contributed by atoms with van der Waals surface area (Å²) in [7, 11) is 0. The summed E-state index contributed by atoms with van der Waals surface area (Å²) in [6, 6.07) is 0. The fourth-order valence-electron chi connectivity index (χ4n) is 8.24. The third kappa shape index (κ3) is 2.45. The lowest BCUT2D eigenvalue weighted by Crippen LogP contribution is -2.53. The summed E-state index contributed by atoms with van der Waals surface area (Å²) >= 11 is 0. The predicted molar refractivity (Wildman–Crippen MR) is 105 cm³/mol. The molecule has 0 bridgehead atoms. The van der Waals surface area contributed by atoms with Crippen LogP contribution in [0.25, 0.3) is 0 Å². The van der Waals surface area contributed by atoms with Crippen molar-refractivity contribution in [2.45, 2.75) is 77.9 Å². The molecule has 3 saturated carbocycles. The monoisotopic (exact) mass is 373 g/mol. The van der Waals surface area contributed by atoms with E-state index in [1.54, 1.807) is 5.57 Å². The summed E-state index contributed by atoms with van der Waals surface area (Å²) in [6.45, 7) is 8.75. The highest BCUT2D eigenvalue weighted by molar-refractivity contribution is 5.96. The van der Waals surface area contributed by atoms with E-state index in [-0.39, 0.29) is 5.79 Å². The molecule has 0 spiro atoms. The molecule has 1 saturated heterocycles. The first-order valence-electron chi connectivity index (χ1n) is 11.1. The van der Waals surface area contributed by atoms with Crippen molar-refractivity contribution in [3.8, 4) is 0 Å². The zero-order valence-electron chi connectivity index (χ0n) is 17.2. The van der Waals surface area contributed by atoms with Crippen LogP contribution in [-0.2, 0) is 9.47 Å². The molecule has 4 aliphatic carbocycles. The largest absolute Gasteiger partial charge is 0.411 e. The Kier molecular flexibility index (Phi) is 4.08. The van der Waals surface area contributed by atoms with Crippen molar-refractivity contribution in [2.75, 3.05) is 13.2 Å². The van der Waals surface area contributed by atoms with Crippen LogP contribution in [0.15, 0.2) is 16.8 Å². The Bertz CT molecular complexity index is 679. The molecular weight excluding hydrogens is 338 g/mol. The van der Waals surface area contributed by atoms with Gasteiger partial charge in [0.05, 0.1) is 18.9 Å². The van der Waals surface area contributed by atoms with Crippen LogP contribution in [0.4, 0.5) is 0 Å². The molecule has 4 heteroatoms. The maximum atomic E-state index is 9.23. The molecule has 1 aliphatic heterocycles. The summed E-state index contributed by atoms with van der Waals surface area (Å²) in [5, 5.41) is 12.7. The maximum absolute atomic E-state index is 9.23. The van der Waals surface area contributed by atoms with Crippen molar-refractivity contribution in [3.63, 3.8) is 0 Å². The number of rotatable bonds is 1. The Morgan fingerprint density at radius 2 is 1.74 bits per heavy atom. The van der Waals surface area contributed by atoms with Gasteiger partial charge in [-0.1, -0.05) is 24.6 Å². The summed E-state index contributed by atoms with van der Waals surface area (Å²) in [5.74, 6) is 2.58. The van der Waals surface area contributed by atoms with E-state index < -0.39 is 0 Å². The molecule has 4 unspecified atom stereocenters. The number of oxime groups is 1. The third-order valence-electron chi connectivity index (χ3n) is 9.60. The molecule has 0 radical (unpaired) electrons. The van der Waals surface area contributed by atoms with Gasteiger partial charge >= 0.3 is 0 Å². The van der Waals surface area contributed by atoms with Crippen molar-refractivity contribution in [1.29, 1.82) is 0 Å². The summed E-state index contributed by atoms with van der Waals surface area (Å²) in [5.41, 5.74) is 3.09. The van der Waals surface area contributed by atoms with Crippen LogP contribution in [0, 0.1) is 34.5 Å². The molecule has 5 aliphatic rings. The number of hydrogen-bond donors (Lipinski definition) is 1. The molecule has 4 nitrogen and oxygen atoms in total. The minimum Gasteiger partial charge on any atom is -0.411 e. The lowest BCUT2D eigenvalue weighted by molar-refractivity contribution is -0.214. The molecular formula is C23H35NO3. The van der Waals surface area contributed by atoms with Crippen molar-refractivity contribution in [3.05, 3.63) is 11.6 Å². The van der Waals surface area contributed by atoms with E-state index in [1.807, 2.05) is 0 Å². The topological polar surface area (TPSA) is 51.1 Å². The highest BCUT2D eigenvalue weighted by Gasteiger charge is 2.62. The van der Waals surface area contributed by atoms with E-state index in [9.17, 15) is 5.21 Å². The summed E-state index contributed by atoms with van der Waals surface area (Å²) < 4.78 is 12.3. The normalized spacial score (nSPS) is 50.0. The second kappa shape index (κ2) is 6.06. The zero-order valence-corrected chi connectivity index (χ0v) is 17.2. The van der Waals surface area contributed by atoms with E-state index in [4.69, 9.17) is 9.47 Å². The Morgan fingerprint density at radius 3 is 2.48 bits per heavy atom. The molecule has 0 aromatic heterocycles. The fourth-order valence-corrected chi connectivity index (χ4v) is 8.24. The Hall–Kier alpha value is -0.870. The summed E-state index contributed by atoms with van der Waals surface area (Å²) in [6.07, 6.45) is 12.0. The molecule has 27 heavy (non-hydrogen) atoms. The minimum absolute atomic E-state index is 0.306. The van der Waals surface area contributed by atoms with E-state index in [0.717, 1.165) is 49.5 Å². The first-order chi connectivity index (χ1) is 12.9. The average Bonchev–Trinajstić information content (AvgIpc) is 3.24. The number of nitrogens with zero attached hydrogens (tertiary/aromatic N) is 1. The average molecular weight is 374 g/mol.